The highest BCUT2D eigenvalue weighted by molar-refractivity contribution is 5.67. The number of benzene rings is 1. The number of ether oxygens (including phenoxy) is 1. The molecule has 0 radical (unpaired) electrons. The van der Waals surface area contributed by atoms with Crippen molar-refractivity contribution in [2.75, 3.05) is 19.6 Å². The van der Waals surface area contributed by atoms with Gasteiger partial charge >= 0.3 is 12.3 Å². The molecule has 5 atom stereocenters. The molecule has 4 rings (SSSR count). The number of carbonyl (C=O) groups is 1. The van der Waals surface area contributed by atoms with Gasteiger partial charge in [-0.1, -0.05) is 24.3 Å². The zero-order chi connectivity index (χ0) is 23.4. The average Bonchev–Trinajstić information content (AvgIpc) is 3.52. The second-order valence-electron chi connectivity index (χ2n) is 8.51. The van der Waals surface area contributed by atoms with E-state index in [0.717, 1.165) is 11.1 Å². The highest BCUT2D eigenvalue weighted by Crippen LogP contribution is 2.33. The lowest BCUT2D eigenvalue weighted by Gasteiger charge is -2.22. The number of carbonyl (C=O) groups excluding carboxylic acids is 1. The second-order valence-corrected chi connectivity index (χ2v) is 8.51. The molecule has 0 spiro atoms. The normalized spacial score (nSPS) is 27.6. The number of amides is 1. The van der Waals surface area contributed by atoms with E-state index >= 15 is 0 Å². The van der Waals surface area contributed by atoms with Crippen LogP contribution < -0.4 is 16.0 Å². The molecule has 2 aliphatic heterocycles. The van der Waals surface area contributed by atoms with Gasteiger partial charge in [-0.15, -0.1) is 0 Å². The third-order valence-corrected chi connectivity index (χ3v) is 6.18. The van der Waals surface area contributed by atoms with Crippen molar-refractivity contribution in [3.05, 3.63) is 42.4 Å². The van der Waals surface area contributed by atoms with E-state index in [0.29, 0.717) is 25.1 Å². The van der Waals surface area contributed by atoms with Crippen LogP contribution in [0.2, 0.25) is 0 Å². The standard InChI is InChI=1S/C22H27F3N4O4/c23-22(24,25)15-8-16(28-9-15)5-6-27-21(31)33-20-17(29-10-18(20)30)7-13-1-3-14(4-2-13)19-11-26-12-32-19/h1-4,11-12,15-18,20,28-30H,5-10H2,(H,27,31)/t15-,16+,17+,18-,20-/m0/s1. The van der Waals surface area contributed by atoms with Crippen LogP contribution in [-0.4, -0.2) is 66.3 Å². The van der Waals surface area contributed by atoms with Gasteiger partial charge in [0.25, 0.3) is 0 Å². The van der Waals surface area contributed by atoms with E-state index in [9.17, 15) is 23.1 Å². The minimum atomic E-state index is -4.20. The molecule has 1 aromatic carbocycles. The van der Waals surface area contributed by atoms with E-state index < -0.39 is 30.4 Å². The molecule has 2 aromatic rings. The summed E-state index contributed by atoms with van der Waals surface area (Å²) in [4.78, 5) is 16.1. The lowest BCUT2D eigenvalue weighted by molar-refractivity contribution is -0.169. The van der Waals surface area contributed by atoms with Gasteiger partial charge in [0.1, 0.15) is 12.2 Å². The predicted molar refractivity (Wildman–Crippen MR) is 112 cm³/mol. The molecule has 0 bridgehead atoms. The summed E-state index contributed by atoms with van der Waals surface area (Å²) < 4.78 is 49.0. The van der Waals surface area contributed by atoms with Gasteiger partial charge in [-0.25, -0.2) is 9.78 Å². The van der Waals surface area contributed by atoms with Crippen LogP contribution in [0.15, 0.2) is 41.3 Å². The number of rotatable bonds is 7. The van der Waals surface area contributed by atoms with Crippen LogP contribution in [0.4, 0.5) is 18.0 Å². The summed E-state index contributed by atoms with van der Waals surface area (Å²) in [5.74, 6) is -0.685. The summed E-state index contributed by atoms with van der Waals surface area (Å²) in [7, 11) is 0. The number of oxazole rings is 1. The van der Waals surface area contributed by atoms with Crippen molar-refractivity contribution in [2.45, 2.75) is 49.7 Å². The molecular formula is C22H27F3N4O4. The minimum absolute atomic E-state index is 0.00276. The minimum Gasteiger partial charge on any atom is -0.444 e. The molecule has 2 saturated heterocycles. The Labute approximate surface area is 188 Å². The van der Waals surface area contributed by atoms with Gasteiger partial charge in [-0.05, 0) is 24.8 Å². The number of hydrogen-bond acceptors (Lipinski definition) is 7. The first-order valence-corrected chi connectivity index (χ1v) is 10.9. The quantitative estimate of drug-likeness (QED) is 0.494. The molecule has 4 N–H and O–H groups in total. The van der Waals surface area contributed by atoms with E-state index in [2.05, 4.69) is 20.9 Å². The van der Waals surface area contributed by atoms with Gasteiger partial charge in [0.2, 0.25) is 0 Å². The molecule has 180 valence electrons. The van der Waals surface area contributed by atoms with Gasteiger partial charge in [0.15, 0.2) is 12.2 Å². The maximum absolute atomic E-state index is 12.8. The molecule has 11 heteroatoms. The number of hydrogen-bond donors (Lipinski definition) is 4. The number of β-amino-alcohol motifs (C(OH)–C–C–N with tert-alkyl or cyclic N) is 1. The van der Waals surface area contributed by atoms with Crippen molar-refractivity contribution < 1.29 is 32.2 Å². The lowest BCUT2D eigenvalue weighted by atomic mass is 10.00. The van der Waals surface area contributed by atoms with E-state index in [1.165, 1.54) is 6.39 Å². The van der Waals surface area contributed by atoms with Crippen molar-refractivity contribution in [1.29, 1.82) is 0 Å². The molecule has 33 heavy (non-hydrogen) atoms. The molecule has 2 aliphatic rings. The summed E-state index contributed by atoms with van der Waals surface area (Å²) in [6.45, 7) is 0.383. The molecule has 8 nitrogen and oxygen atoms in total. The summed E-state index contributed by atoms with van der Waals surface area (Å²) in [5, 5.41) is 18.9. The van der Waals surface area contributed by atoms with Gasteiger partial charge in [0.05, 0.1) is 18.2 Å². The Morgan fingerprint density at radius 3 is 2.70 bits per heavy atom. The fraction of sp³-hybridized carbons (Fsp3) is 0.545. The average molecular weight is 468 g/mol. The topological polar surface area (TPSA) is 109 Å². The van der Waals surface area contributed by atoms with Crippen molar-refractivity contribution in [1.82, 2.24) is 20.9 Å². The van der Waals surface area contributed by atoms with Gasteiger partial charge in [-0.2, -0.15) is 13.2 Å². The maximum Gasteiger partial charge on any atom is 0.407 e. The lowest BCUT2D eigenvalue weighted by Crippen LogP contribution is -2.42. The van der Waals surface area contributed by atoms with Crippen LogP contribution in [0, 0.1) is 5.92 Å². The fourth-order valence-corrected chi connectivity index (χ4v) is 4.34. The van der Waals surface area contributed by atoms with Crippen LogP contribution in [0.25, 0.3) is 11.3 Å². The first-order valence-electron chi connectivity index (χ1n) is 10.9. The number of nitrogens with zero attached hydrogens (tertiary/aromatic N) is 1. The van der Waals surface area contributed by atoms with Crippen LogP contribution in [0.3, 0.4) is 0 Å². The summed E-state index contributed by atoms with van der Waals surface area (Å²) in [5.41, 5.74) is 1.88. The second kappa shape index (κ2) is 10.1. The monoisotopic (exact) mass is 468 g/mol. The predicted octanol–water partition coefficient (Wildman–Crippen LogP) is 2.24. The first kappa shape index (κ1) is 23.5. The largest absolute Gasteiger partial charge is 0.444 e. The van der Waals surface area contributed by atoms with Gasteiger partial charge in [0, 0.05) is 31.2 Å². The van der Waals surface area contributed by atoms with E-state index in [4.69, 9.17) is 9.15 Å². The number of alkyl halides is 3. The van der Waals surface area contributed by atoms with Crippen molar-refractivity contribution in [3.63, 3.8) is 0 Å². The zero-order valence-electron chi connectivity index (χ0n) is 17.8. The van der Waals surface area contributed by atoms with E-state index in [-0.39, 0.29) is 31.6 Å². The number of nitrogens with one attached hydrogen (secondary N) is 3. The van der Waals surface area contributed by atoms with Crippen molar-refractivity contribution in [2.24, 2.45) is 5.92 Å². The molecular weight excluding hydrogens is 441 g/mol. The van der Waals surface area contributed by atoms with Crippen LogP contribution in [0.1, 0.15) is 18.4 Å². The maximum atomic E-state index is 12.8. The number of aliphatic hydroxyl groups is 1. The highest BCUT2D eigenvalue weighted by atomic mass is 19.4. The molecule has 3 heterocycles. The number of alkyl carbamates (subject to hydrolysis) is 1. The zero-order valence-corrected chi connectivity index (χ0v) is 17.8. The third kappa shape index (κ3) is 6.04. The fourth-order valence-electron chi connectivity index (χ4n) is 4.34. The Morgan fingerprint density at radius 1 is 1.24 bits per heavy atom. The molecule has 1 amide bonds. The molecule has 1 aromatic heterocycles. The van der Waals surface area contributed by atoms with E-state index in [1.54, 1.807) is 6.20 Å². The smallest absolute Gasteiger partial charge is 0.407 e. The Hall–Kier alpha value is -2.63. The Kier molecular flexibility index (Phi) is 7.20. The van der Waals surface area contributed by atoms with E-state index in [1.807, 2.05) is 24.3 Å². The molecule has 0 aliphatic carbocycles. The Balaban J connectivity index is 1.23. The third-order valence-electron chi connectivity index (χ3n) is 6.18. The Morgan fingerprint density at radius 2 is 2.03 bits per heavy atom. The number of aromatic nitrogens is 1. The molecule has 2 fully saturated rings. The summed E-state index contributed by atoms with van der Waals surface area (Å²) in [6, 6.07) is 7.11. The van der Waals surface area contributed by atoms with Crippen LogP contribution in [-0.2, 0) is 11.2 Å². The molecule has 0 saturated carbocycles. The number of halogens is 3. The van der Waals surface area contributed by atoms with Crippen LogP contribution in [0.5, 0.6) is 0 Å². The number of aliphatic hydroxyl groups excluding tert-OH is 1. The van der Waals surface area contributed by atoms with Crippen molar-refractivity contribution >= 4 is 6.09 Å². The molecule has 0 unspecified atom stereocenters. The summed E-state index contributed by atoms with van der Waals surface area (Å²) >= 11 is 0. The summed E-state index contributed by atoms with van der Waals surface area (Å²) in [6.07, 6.45) is -2.58. The van der Waals surface area contributed by atoms with Crippen LogP contribution >= 0.6 is 0 Å². The van der Waals surface area contributed by atoms with Gasteiger partial charge < -0.3 is 30.2 Å². The SMILES string of the molecule is O=C(NCC[C@@H]1C[C@H](C(F)(F)F)CN1)O[C@@H]1[C@@H](O)CN[C@@H]1Cc1ccc(-c2cnco2)cc1. The van der Waals surface area contributed by atoms with Crippen molar-refractivity contribution in [3.8, 4) is 11.3 Å². The highest BCUT2D eigenvalue weighted by Gasteiger charge is 2.44. The first-order chi connectivity index (χ1) is 15.8. The van der Waals surface area contributed by atoms with Gasteiger partial charge in [-0.3, -0.25) is 0 Å². The Bertz CT molecular complexity index is 907.